The molecule has 0 amide bonds. The van der Waals surface area contributed by atoms with Crippen LogP contribution in [0.25, 0.3) is 0 Å². The second-order valence-electron chi connectivity index (χ2n) is 8.06. The fourth-order valence-corrected chi connectivity index (χ4v) is 3.24. The molecule has 0 saturated carbocycles. The van der Waals surface area contributed by atoms with Crippen LogP contribution in [0.2, 0.25) is 0 Å². The van der Waals surface area contributed by atoms with E-state index in [1.807, 2.05) is 0 Å². The van der Waals surface area contributed by atoms with Gasteiger partial charge in [0.05, 0.1) is 46.2 Å². The van der Waals surface area contributed by atoms with Crippen molar-refractivity contribution in [3.63, 3.8) is 0 Å². The molecule has 0 aromatic rings. The number of rotatable bonds is 27. The van der Waals surface area contributed by atoms with Gasteiger partial charge in [-0.05, 0) is 6.42 Å². The number of esters is 1. The van der Waals surface area contributed by atoms with Crippen LogP contribution in [0.5, 0.6) is 0 Å². The fourth-order valence-electron chi connectivity index (χ4n) is 3.24. The molecule has 0 heterocycles. The number of hydrogen-bond donors (Lipinski definition) is 0. The van der Waals surface area contributed by atoms with Crippen molar-refractivity contribution in [1.82, 2.24) is 0 Å². The van der Waals surface area contributed by atoms with Crippen LogP contribution in [-0.2, 0) is 28.5 Å². The molecular formula is C26H50O6. The summed E-state index contributed by atoms with van der Waals surface area (Å²) in [4.78, 5) is 10.8. The Morgan fingerprint density at radius 2 is 0.875 bits per heavy atom. The van der Waals surface area contributed by atoms with Crippen molar-refractivity contribution in [2.24, 2.45) is 0 Å². The smallest absolute Gasteiger partial charge is 0.330 e. The van der Waals surface area contributed by atoms with Crippen molar-refractivity contribution in [1.29, 1.82) is 0 Å². The summed E-state index contributed by atoms with van der Waals surface area (Å²) < 4.78 is 26.6. The normalized spacial score (nSPS) is 11.0. The molecule has 6 heteroatoms. The highest BCUT2D eigenvalue weighted by Gasteiger charge is 1.97. The fraction of sp³-hybridized carbons (Fsp3) is 0.885. The number of hydrogen-bond acceptors (Lipinski definition) is 6. The summed E-state index contributed by atoms with van der Waals surface area (Å²) in [5.41, 5.74) is 0. The molecule has 190 valence electrons. The lowest BCUT2D eigenvalue weighted by atomic mass is 10.0. The van der Waals surface area contributed by atoms with Crippen LogP contribution in [0, 0.1) is 0 Å². The predicted molar refractivity (Wildman–Crippen MR) is 130 cm³/mol. The lowest BCUT2D eigenvalue weighted by Gasteiger charge is -2.08. The molecule has 0 fully saturated rings. The quantitative estimate of drug-likeness (QED) is 0.0871. The Bertz CT molecular complexity index is 389. The lowest BCUT2D eigenvalue weighted by Crippen LogP contribution is -2.14. The van der Waals surface area contributed by atoms with Gasteiger partial charge in [-0.15, -0.1) is 0 Å². The van der Waals surface area contributed by atoms with Gasteiger partial charge >= 0.3 is 5.97 Å². The summed E-state index contributed by atoms with van der Waals surface area (Å²) in [5, 5.41) is 0. The third kappa shape index (κ3) is 27.1. The van der Waals surface area contributed by atoms with E-state index in [2.05, 4.69) is 13.5 Å². The summed E-state index contributed by atoms with van der Waals surface area (Å²) in [6.07, 6.45) is 18.9. The van der Waals surface area contributed by atoms with Crippen molar-refractivity contribution in [2.75, 3.05) is 59.5 Å². The summed E-state index contributed by atoms with van der Waals surface area (Å²) >= 11 is 0. The number of ether oxygens (including phenoxy) is 5. The van der Waals surface area contributed by atoms with Crippen molar-refractivity contribution >= 4 is 5.97 Å². The molecule has 32 heavy (non-hydrogen) atoms. The predicted octanol–water partition coefficient (Wildman–Crippen LogP) is 5.87. The second kappa shape index (κ2) is 28.1. The van der Waals surface area contributed by atoms with Crippen LogP contribution < -0.4 is 0 Å². The molecule has 0 radical (unpaired) electrons. The van der Waals surface area contributed by atoms with E-state index in [9.17, 15) is 4.79 Å². The first-order chi connectivity index (χ1) is 15.8. The number of carbonyl (C=O) groups excluding carboxylic acids is 1. The van der Waals surface area contributed by atoms with Gasteiger partial charge in [0.1, 0.15) is 6.61 Å². The van der Waals surface area contributed by atoms with E-state index in [1.165, 1.54) is 77.0 Å². The standard InChI is InChI=1S/C26H50O6/c1-3-5-6-7-8-9-10-11-12-13-14-15-16-17-28-18-19-29-20-21-30-22-23-31-24-25-32-26(27)4-2/h4H,2-3,5-25H2,1H3. The summed E-state index contributed by atoms with van der Waals surface area (Å²) in [6.45, 7) is 10.3. The third-order valence-electron chi connectivity index (χ3n) is 5.15. The Kier molecular flexibility index (Phi) is 27.2. The van der Waals surface area contributed by atoms with E-state index in [1.54, 1.807) is 0 Å². The van der Waals surface area contributed by atoms with E-state index < -0.39 is 5.97 Å². The van der Waals surface area contributed by atoms with Crippen LogP contribution >= 0.6 is 0 Å². The number of carbonyl (C=O) groups is 1. The van der Waals surface area contributed by atoms with Gasteiger partial charge in [-0.2, -0.15) is 0 Å². The molecule has 0 bridgehead atoms. The Morgan fingerprint density at radius 1 is 0.531 bits per heavy atom. The molecule has 6 nitrogen and oxygen atoms in total. The van der Waals surface area contributed by atoms with Gasteiger partial charge < -0.3 is 23.7 Å². The molecule has 0 aromatic carbocycles. The lowest BCUT2D eigenvalue weighted by molar-refractivity contribution is -0.139. The minimum atomic E-state index is -0.435. The molecule has 0 aliphatic heterocycles. The molecule has 0 unspecified atom stereocenters. The summed E-state index contributed by atoms with van der Waals surface area (Å²) in [6, 6.07) is 0. The molecule has 0 atom stereocenters. The minimum absolute atomic E-state index is 0.229. The van der Waals surface area contributed by atoms with Gasteiger partial charge in [0.25, 0.3) is 0 Å². The first kappa shape index (κ1) is 31.0. The van der Waals surface area contributed by atoms with Gasteiger partial charge in [-0.25, -0.2) is 4.79 Å². The van der Waals surface area contributed by atoms with Crippen LogP contribution in [-0.4, -0.2) is 65.4 Å². The Balaban J connectivity index is 3.02. The second-order valence-corrected chi connectivity index (χ2v) is 8.06. The van der Waals surface area contributed by atoms with Gasteiger partial charge in [0, 0.05) is 12.7 Å². The summed E-state index contributed by atoms with van der Waals surface area (Å²) in [5.74, 6) is -0.435. The minimum Gasteiger partial charge on any atom is -0.460 e. The topological polar surface area (TPSA) is 63.2 Å². The zero-order chi connectivity index (χ0) is 23.4. The Morgan fingerprint density at radius 3 is 1.28 bits per heavy atom. The summed E-state index contributed by atoms with van der Waals surface area (Å²) in [7, 11) is 0. The first-order valence-electron chi connectivity index (χ1n) is 12.9. The largest absolute Gasteiger partial charge is 0.460 e. The molecule has 0 spiro atoms. The van der Waals surface area contributed by atoms with E-state index in [0.29, 0.717) is 46.2 Å². The van der Waals surface area contributed by atoms with Gasteiger partial charge in [-0.3, -0.25) is 0 Å². The molecule has 0 aliphatic rings. The van der Waals surface area contributed by atoms with Gasteiger partial charge in [0.15, 0.2) is 0 Å². The SMILES string of the molecule is C=CC(=O)OCCOCCOCCOCCOCCCCCCCCCCCCCCC. The van der Waals surface area contributed by atoms with Crippen molar-refractivity contribution in [3.05, 3.63) is 12.7 Å². The molecule has 0 saturated heterocycles. The zero-order valence-electron chi connectivity index (χ0n) is 20.8. The molecule has 0 aliphatic carbocycles. The van der Waals surface area contributed by atoms with E-state index in [-0.39, 0.29) is 6.61 Å². The van der Waals surface area contributed by atoms with Gasteiger partial charge in [-0.1, -0.05) is 90.6 Å². The Hall–Kier alpha value is -0.950. The van der Waals surface area contributed by atoms with Crippen molar-refractivity contribution in [3.8, 4) is 0 Å². The highest BCUT2D eigenvalue weighted by Crippen LogP contribution is 2.12. The number of unbranched alkanes of at least 4 members (excludes halogenated alkanes) is 12. The highest BCUT2D eigenvalue weighted by atomic mass is 16.6. The Labute approximate surface area is 197 Å². The average Bonchev–Trinajstić information content (AvgIpc) is 2.81. The van der Waals surface area contributed by atoms with E-state index in [4.69, 9.17) is 23.7 Å². The molecule has 0 N–H and O–H groups in total. The molecular weight excluding hydrogens is 408 g/mol. The van der Waals surface area contributed by atoms with Crippen LogP contribution in [0.3, 0.4) is 0 Å². The van der Waals surface area contributed by atoms with Crippen LogP contribution in [0.1, 0.15) is 90.4 Å². The monoisotopic (exact) mass is 458 g/mol. The molecule has 0 rings (SSSR count). The first-order valence-corrected chi connectivity index (χ1v) is 12.9. The van der Waals surface area contributed by atoms with E-state index >= 15 is 0 Å². The highest BCUT2D eigenvalue weighted by molar-refractivity contribution is 5.81. The molecule has 0 aromatic heterocycles. The third-order valence-corrected chi connectivity index (χ3v) is 5.15. The van der Waals surface area contributed by atoms with Gasteiger partial charge in [0.2, 0.25) is 0 Å². The maximum absolute atomic E-state index is 10.8. The van der Waals surface area contributed by atoms with Crippen LogP contribution in [0.4, 0.5) is 0 Å². The van der Waals surface area contributed by atoms with Crippen molar-refractivity contribution < 1.29 is 28.5 Å². The van der Waals surface area contributed by atoms with E-state index in [0.717, 1.165) is 19.1 Å². The average molecular weight is 459 g/mol. The maximum Gasteiger partial charge on any atom is 0.330 e. The maximum atomic E-state index is 10.8. The van der Waals surface area contributed by atoms with Crippen LogP contribution in [0.15, 0.2) is 12.7 Å². The van der Waals surface area contributed by atoms with Crippen molar-refractivity contribution in [2.45, 2.75) is 90.4 Å². The zero-order valence-corrected chi connectivity index (χ0v) is 20.8.